The van der Waals surface area contributed by atoms with Gasteiger partial charge in [0.25, 0.3) is 0 Å². The minimum absolute atomic E-state index is 1.03. The molecule has 23 heavy (non-hydrogen) atoms. The molecule has 0 amide bonds. The monoisotopic (exact) mass is 450 g/mol. The summed E-state index contributed by atoms with van der Waals surface area (Å²) in [6.45, 7) is 0. The summed E-state index contributed by atoms with van der Waals surface area (Å²) in [5.41, 5.74) is 3.32. The number of hydrogen-bond acceptors (Lipinski definition) is 3. The Bertz CT molecular complexity index is 890. The van der Waals surface area contributed by atoms with E-state index in [9.17, 15) is 0 Å². The molecule has 1 aromatic carbocycles. The Hall–Kier alpha value is -1.44. The maximum absolute atomic E-state index is 4.78. The molecule has 0 N–H and O–H groups in total. The van der Waals surface area contributed by atoms with Crippen molar-refractivity contribution >= 4 is 62.4 Å². The quantitative estimate of drug-likeness (QED) is 0.263. The zero-order valence-electron chi connectivity index (χ0n) is 12.5. The minimum atomic E-state index is 1.03. The van der Waals surface area contributed by atoms with Gasteiger partial charge in [0.15, 0.2) is 4.96 Å². The van der Waals surface area contributed by atoms with Gasteiger partial charge in [-0.1, -0.05) is 59.0 Å². The Balaban J connectivity index is 0.000000753. The maximum atomic E-state index is 4.78. The molecule has 0 unspecified atom stereocenters. The molecule has 3 aromatic heterocycles. The van der Waals surface area contributed by atoms with E-state index in [1.807, 2.05) is 11.0 Å². The second kappa shape index (κ2) is 7.90. The standard InChI is InChI=1S/C17H12N2S2.CH3I/c1-2-5-13(6-3-1)16-15(9-8-14-7-4-11-20-14)19-10-12-21-17(19)18-16;1-2/h1-12H;1H3/b9-8+;. The summed E-state index contributed by atoms with van der Waals surface area (Å²) in [5, 5.41) is 4.16. The van der Waals surface area contributed by atoms with E-state index in [1.165, 1.54) is 4.88 Å². The van der Waals surface area contributed by atoms with Crippen LogP contribution in [0.1, 0.15) is 10.6 Å². The molecule has 4 rings (SSSR count). The summed E-state index contributed by atoms with van der Waals surface area (Å²) < 4.78 is 2.15. The zero-order valence-corrected chi connectivity index (χ0v) is 16.3. The number of rotatable bonds is 3. The molecule has 0 bridgehead atoms. The highest BCUT2D eigenvalue weighted by Gasteiger charge is 2.12. The number of hydrogen-bond donors (Lipinski definition) is 0. The summed E-state index contributed by atoms with van der Waals surface area (Å²) >= 11 is 5.55. The molecule has 0 aliphatic carbocycles. The number of alkyl halides is 1. The highest BCUT2D eigenvalue weighted by molar-refractivity contribution is 14.1. The number of thiophene rings is 1. The van der Waals surface area contributed by atoms with Gasteiger partial charge >= 0.3 is 0 Å². The van der Waals surface area contributed by atoms with Crippen LogP contribution in [0.3, 0.4) is 0 Å². The molecule has 0 saturated heterocycles. The third kappa shape index (κ3) is 3.57. The summed E-state index contributed by atoms with van der Waals surface area (Å²) in [5.74, 6) is 0. The molecule has 0 fully saturated rings. The Kier molecular flexibility index (Phi) is 5.64. The lowest BCUT2D eigenvalue weighted by molar-refractivity contribution is 1.21. The molecule has 0 radical (unpaired) electrons. The first-order chi connectivity index (χ1) is 11.4. The third-order valence-electron chi connectivity index (χ3n) is 3.29. The van der Waals surface area contributed by atoms with Gasteiger partial charge in [-0.2, -0.15) is 0 Å². The van der Waals surface area contributed by atoms with Crippen LogP contribution in [0.25, 0.3) is 28.4 Å². The SMILES string of the molecule is C(=C\c1c(-c2ccccc2)nc2sccn12)/c1cccs1.CI. The topological polar surface area (TPSA) is 17.3 Å². The van der Waals surface area contributed by atoms with Gasteiger partial charge in [-0.3, -0.25) is 4.40 Å². The average molecular weight is 450 g/mol. The van der Waals surface area contributed by atoms with Gasteiger partial charge in [0.2, 0.25) is 0 Å². The molecular weight excluding hydrogens is 435 g/mol. The number of aromatic nitrogens is 2. The third-order valence-corrected chi connectivity index (χ3v) is 4.89. The fraction of sp³-hybridized carbons (Fsp3) is 0.0556. The van der Waals surface area contributed by atoms with Crippen molar-refractivity contribution in [3.05, 3.63) is 70.0 Å². The van der Waals surface area contributed by atoms with Gasteiger partial charge in [0.05, 0.1) is 11.4 Å². The molecule has 0 spiro atoms. The number of thiazole rings is 1. The molecule has 4 aromatic rings. The van der Waals surface area contributed by atoms with Crippen molar-refractivity contribution in [3.63, 3.8) is 0 Å². The van der Waals surface area contributed by atoms with E-state index < -0.39 is 0 Å². The number of imidazole rings is 1. The predicted octanol–water partition coefficient (Wildman–Crippen LogP) is 6.35. The first-order valence-corrected chi connectivity index (χ1v) is 10.9. The van der Waals surface area contributed by atoms with E-state index in [-0.39, 0.29) is 0 Å². The van der Waals surface area contributed by atoms with Crippen LogP contribution in [0.4, 0.5) is 0 Å². The molecule has 5 heteroatoms. The minimum Gasteiger partial charge on any atom is -0.290 e. The van der Waals surface area contributed by atoms with Crippen LogP contribution in [-0.4, -0.2) is 14.3 Å². The highest BCUT2D eigenvalue weighted by Crippen LogP contribution is 2.28. The summed E-state index contributed by atoms with van der Waals surface area (Å²) in [6, 6.07) is 14.5. The van der Waals surface area contributed by atoms with Crippen molar-refractivity contribution in [2.75, 3.05) is 4.93 Å². The molecule has 0 aliphatic rings. The van der Waals surface area contributed by atoms with E-state index in [0.717, 1.165) is 21.9 Å². The van der Waals surface area contributed by atoms with E-state index in [4.69, 9.17) is 4.98 Å². The average Bonchev–Trinajstić information content (AvgIpc) is 3.33. The second-order valence-corrected chi connectivity index (χ2v) is 6.47. The first kappa shape index (κ1) is 16.4. The molecule has 3 heterocycles. The lowest BCUT2D eigenvalue weighted by Crippen LogP contribution is -1.84. The van der Waals surface area contributed by atoms with Crippen molar-refractivity contribution < 1.29 is 0 Å². The molecule has 0 aliphatic heterocycles. The van der Waals surface area contributed by atoms with Crippen LogP contribution in [0.2, 0.25) is 0 Å². The highest BCUT2D eigenvalue weighted by atomic mass is 127. The maximum Gasteiger partial charge on any atom is 0.194 e. The van der Waals surface area contributed by atoms with Crippen LogP contribution in [0.15, 0.2) is 59.4 Å². The number of halogens is 1. The molecule has 0 saturated carbocycles. The fourth-order valence-electron chi connectivity index (χ4n) is 2.32. The van der Waals surface area contributed by atoms with Gasteiger partial charge in [-0.15, -0.1) is 22.7 Å². The Morgan fingerprint density at radius 1 is 0.957 bits per heavy atom. The van der Waals surface area contributed by atoms with Crippen molar-refractivity contribution in [2.24, 2.45) is 0 Å². The lowest BCUT2D eigenvalue weighted by Gasteiger charge is -1.99. The smallest absolute Gasteiger partial charge is 0.194 e. The summed E-state index contributed by atoms with van der Waals surface area (Å²) in [7, 11) is 0. The van der Waals surface area contributed by atoms with Gasteiger partial charge < -0.3 is 0 Å². The predicted molar refractivity (Wildman–Crippen MR) is 112 cm³/mol. The van der Waals surface area contributed by atoms with Crippen molar-refractivity contribution in [1.82, 2.24) is 9.38 Å². The Labute approximate surface area is 157 Å². The molecule has 116 valence electrons. The van der Waals surface area contributed by atoms with E-state index >= 15 is 0 Å². The van der Waals surface area contributed by atoms with E-state index in [2.05, 4.69) is 92.5 Å². The summed E-state index contributed by atoms with van der Waals surface area (Å²) in [4.78, 5) is 9.02. The Morgan fingerprint density at radius 2 is 1.78 bits per heavy atom. The van der Waals surface area contributed by atoms with E-state index in [0.29, 0.717) is 0 Å². The molecule has 2 nitrogen and oxygen atoms in total. The normalized spacial score (nSPS) is 10.9. The zero-order chi connectivity index (χ0) is 16.1. The van der Waals surface area contributed by atoms with Crippen molar-refractivity contribution in [1.29, 1.82) is 0 Å². The van der Waals surface area contributed by atoms with Crippen LogP contribution in [0.5, 0.6) is 0 Å². The number of fused-ring (bicyclic) bond motifs is 1. The van der Waals surface area contributed by atoms with Crippen molar-refractivity contribution in [2.45, 2.75) is 0 Å². The number of nitrogens with zero attached hydrogens (tertiary/aromatic N) is 2. The van der Waals surface area contributed by atoms with Gasteiger partial charge in [0, 0.05) is 22.0 Å². The Morgan fingerprint density at radius 3 is 2.52 bits per heavy atom. The van der Waals surface area contributed by atoms with Gasteiger partial charge in [0.1, 0.15) is 0 Å². The fourth-order valence-corrected chi connectivity index (χ4v) is 3.66. The van der Waals surface area contributed by atoms with Crippen LogP contribution in [0, 0.1) is 0 Å². The van der Waals surface area contributed by atoms with Crippen LogP contribution < -0.4 is 0 Å². The largest absolute Gasteiger partial charge is 0.290 e. The van der Waals surface area contributed by atoms with Gasteiger partial charge in [-0.05, 0) is 28.5 Å². The van der Waals surface area contributed by atoms with Gasteiger partial charge in [-0.25, -0.2) is 4.98 Å². The van der Waals surface area contributed by atoms with Crippen LogP contribution >= 0.6 is 45.3 Å². The lowest BCUT2D eigenvalue weighted by atomic mass is 10.1. The molecule has 0 atom stereocenters. The number of benzene rings is 1. The molecular formula is C18H15IN2S2. The van der Waals surface area contributed by atoms with Crippen LogP contribution in [-0.2, 0) is 0 Å². The first-order valence-electron chi connectivity index (χ1n) is 7.02. The van der Waals surface area contributed by atoms with Crippen molar-refractivity contribution in [3.8, 4) is 11.3 Å². The second-order valence-electron chi connectivity index (χ2n) is 4.62. The summed E-state index contributed by atoms with van der Waals surface area (Å²) in [6.07, 6.45) is 6.38. The van der Waals surface area contributed by atoms with E-state index in [1.54, 1.807) is 22.7 Å².